The Kier molecular flexibility index (Phi) is 7.68. The van der Waals surface area contributed by atoms with E-state index in [1.807, 2.05) is 16.2 Å². The summed E-state index contributed by atoms with van der Waals surface area (Å²) in [5.74, 6) is 1.08. The molecule has 2 saturated heterocycles. The van der Waals surface area contributed by atoms with Gasteiger partial charge < -0.3 is 19.4 Å². The molecule has 0 N–H and O–H groups in total. The topological polar surface area (TPSA) is 61.8 Å². The Bertz CT molecular complexity index is 1210. The summed E-state index contributed by atoms with van der Waals surface area (Å²) in [6, 6.07) is 3.47. The molecule has 39 heavy (non-hydrogen) atoms. The molecule has 2 aliphatic carbocycles. The summed E-state index contributed by atoms with van der Waals surface area (Å²) < 4.78 is 6.36. The van der Waals surface area contributed by atoms with E-state index in [9.17, 15) is 4.79 Å². The van der Waals surface area contributed by atoms with E-state index in [-0.39, 0.29) is 17.4 Å². The van der Waals surface area contributed by atoms with Crippen molar-refractivity contribution in [2.75, 3.05) is 44.7 Å². The number of thiophene rings is 1. The number of aryl methyl sites for hydroxylation is 1. The molecule has 8 heteroatoms. The van der Waals surface area contributed by atoms with Crippen LogP contribution in [0.3, 0.4) is 0 Å². The maximum Gasteiger partial charge on any atom is 0.318 e. The molecule has 7 nitrogen and oxygen atoms in total. The van der Waals surface area contributed by atoms with E-state index in [2.05, 4.69) is 41.8 Å². The third-order valence-electron chi connectivity index (χ3n) is 9.72. The van der Waals surface area contributed by atoms with Crippen molar-refractivity contribution in [2.45, 2.75) is 83.2 Å². The Balaban J connectivity index is 1.30. The predicted octanol–water partition coefficient (Wildman–Crippen LogP) is 4.68. The zero-order valence-electron chi connectivity index (χ0n) is 23.7. The van der Waals surface area contributed by atoms with Crippen LogP contribution in [-0.2, 0) is 30.5 Å². The normalized spacial score (nSPS) is 26.9. The van der Waals surface area contributed by atoms with Crippen LogP contribution in [0.2, 0.25) is 0 Å². The third-order valence-corrected chi connectivity index (χ3v) is 10.7. The van der Waals surface area contributed by atoms with Crippen molar-refractivity contribution < 1.29 is 9.53 Å². The van der Waals surface area contributed by atoms with Crippen molar-refractivity contribution in [1.82, 2.24) is 19.8 Å². The lowest BCUT2D eigenvalue weighted by Gasteiger charge is -2.44. The van der Waals surface area contributed by atoms with Crippen LogP contribution in [-0.4, -0.2) is 77.6 Å². The van der Waals surface area contributed by atoms with Gasteiger partial charge in [0.2, 0.25) is 5.91 Å². The van der Waals surface area contributed by atoms with Crippen LogP contribution in [0.15, 0.2) is 24.1 Å². The Morgan fingerprint density at radius 2 is 2.08 bits per heavy atom. The van der Waals surface area contributed by atoms with E-state index >= 15 is 0 Å². The maximum atomic E-state index is 12.6. The Morgan fingerprint density at radius 1 is 1.21 bits per heavy atom. The summed E-state index contributed by atoms with van der Waals surface area (Å²) in [5.41, 5.74) is 4.34. The van der Waals surface area contributed by atoms with E-state index in [4.69, 9.17) is 14.7 Å². The van der Waals surface area contributed by atoms with Gasteiger partial charge in [-0.25, -0.2) is 0 Å². The number of anilines is 1. The summed E-state index contributed by atoms with van der Waals surface area (Å²) in [6.45, 7) is 9.97. The summed E-state index contributed by atoms with van der Waals surface area (Å²) >= 11 is 1.92. The lowest BCUT2D eigenvalue weighted by molar-refractivity contribution is -0.128. The molecular formula is C31H43N5O2S. The highest BCUT2D eigenvalue weighted by molar-refractivity contribution is 7.10. The SMILES string of the molecule is C=CC(=O)N1CCN(c2nc(OCC3CCCN3C)nc3c2CCC2(CCc4sccc4C2)C3)CC1CCC. The van der Waals surface area contributed by atoms with Crippen molar-refractivity contribution in [3.63, 3.8) is 0 Å². The number of likely N-dealkylation sites (N-methyl/N-ethyl adjacent to an activating group) is 1. The molecule has 4 heterocycles. The molecule has 1 amide bonds. The third kappa shape index (κ3) is 5.34. The van der Waals surface area contributed by atoms with Crippen molar-refractivity contribution >= 4 is 23.1 Å². The minimum absolute atomic E-state index is 0.0366. The molecule has 0 bridgehead atoms. The molecule has 6 rings (SSSR count). The van der Waals surface area contributed by atoms with Crippen LogP contribution < -0.4 is 9.64 Å². The minimum atomic E-state index is 0.0366. The van der Waals surface area contributed by atoms with E-state index in [1.165, 1.54) is 49.4 Å². The number of carbonyl (C=O) groups excluding carboxylic acids is 1. The largest absolute Gasteiger partial charge is 0.462 e. The lowest BCUT2D eigenvalue weighted by Crippen LogP contribution is -2.55. The molecule has 3 unspecified atom stereocenters. The van der Waals surface area contributed by atoms with Crippen molar-refractivity contribution in [3.8, 4) is 6.01 Å². The zero-order chi connectivity index (χ0) is 27.0. The second-order valence-electron chi connectivity index (χ2n) is 12.2. The first-order valence-corrected chi connectivity index (χ1v) is 15.8. The molecule has 3 atom stereocenters. The van der Waals surface area contributed by atoms with Gasteiger partial charge in [-0.15, -0.1) is 11.3 Å². The van der Waals surface area contributed by atoms with E-state index in [1.54, 1.807) is 10.4 Å². The molecule has 0 radical (unpaired) electrons. The Morgan fingerprint density at radius 3 is 2.87 bits per heavy atom. The van der Waals surface area contributed by atoms with Crippen molar-refractivity contribution in [1.29, 1.82) is 0 Å². The van der Waals surface area contributed by atoms with Gasteiger partial charge in [0.1, 0.15) is 12.4 Å². The van der Waals surface area contributed by atoms with Crippen LogP contribution in [0.4, 0.5) is 5.82 Å². The molecular weight excluding hydrogens is 506 g/mol. The highest BCUT2D eigenvalue weighted by Crippen LogP contribution is 2.47. The lowest BCUT2D eigenvalue weighted by atomic mass is 9.65. The predicted molar refractivity (Wildman–Crippen MR) is 157 cm³/mol. The average molecular weight is 550 g/mol. The number of piperazine rings is 1. The molecule has 2 aromatic rings. The van der Waals surface area contributed by atoms with E-state index < -0.39 is 0 Å². The molecule has 2 fully saturated rings. The molecule has 2 aromatic heterocycles. The van der Waals surface area contributed by atoms with Gasteiger partial charge in [0.25, 0.3) is 0 Å². The molecule has 0 aromatic carbocycles. The van der Waals surface area contributed by atoms with Gasteiger partial charge >= 0.3 is 6.01 Å². The smallest absolute Gasteiger partial charge is 0.318 e. The van der Waals surface area contributed by atoms with E-state index in [0.29, 0.717) is 25.2 Å². The van der Waals surface area contributed by atoms with Gasteiger partial charge in [0, 0.05) is 42.2 Å². The zero-order valence-corrected chi connectivity index (χ0v) is 24.5. The number of carbonyl (C=O) groups is 1. The van der Waals surface area contributed by atoms with Crippen LogP contribution >= 0.6 is 11.3 Å². The van der Waals surface area contributed by atoms with Gasteiger partial charge in [0.15, 0.2) is 0 Å². The number of aromatic nitrogens is 2. The number of amides is 1. The molecule has 210 valence electrons. The van der Waals surface area contributed by atoms with Crippen LogP contribution in [0.5, 0.6) is 6.01 Å². The van der Waals surface area contributed by atoms with Crippen LogP contribution in [0.1, 0.15) is 67.1 Å². The number of rotatable bonds is 7. The van der Waals surface area contributed by atoms with Gasteiger partial charge in [-0.1, -0.05) is 19.9 Å². The number of hydrogen-bond acceptors (Lipinski definition) is 7. The first-order chi connectivity index (χ1) is 19.0. The summed E-state index contributed by atoms with van der Waals surface area (Å²) in [6.07, 6.45) is 12.7. The fourth-order valence-electron chi connectivity index (χ4n) is 7.43. The highest BCUT2D eigenvalue weighted by Gasteiger charge is 2.41. The fraction of sp³-hybridized carbons (Fsp3) is 0.645. The number of fused-ring (bicyclic) bond motifs is 2. The highest BCUT2D eigenvalue weighted by atomic mass is 32.1. The fourth-order valence-corrected chi connectivity index (χ4v) is 8.34. The first kappa shape index (κ1) is 26.8. The maximum absolute atomic E-state index is 12.6. The minimum Gasteiger partial charge on any atom is -0.462 e. The summed E-state index contributed by atoms with van der Waals surface area (Å²) in [7, 11) is 2.18. The van der Waals surface area contributed by atoms with Crippen LogP contribution in [0.25, 0.3) is 0 Å². The van der Waals surface area contributed by atoms with Gasteiger partial charge in [-0.3, -0.25) is 4.79 Å². The van der Waals surface area contributed by atoms with Crippen LogP contribution in [0, 0.1) is 5.41 Å². The number of nitrogens with zero attached hydrogens (tertiary/aromatic N) is 5. The van der Waals surface area contributed by atoms with Gasteiger partial charge in [-0.05, 0) is 99.9 Å². The van der Waals surface area contributed by atoms with E-state index in [0.717, 1.165) is 57.6 Å². The second-order valence-corrected chi connectivity index (χ2v) is 13.2. The van der Waals surface area contributed by atoms with Gasteiger partial charge in [-0.2, -0.15) is 9.97 Å². The molecule has 4 aliphatic rings. The van der Waals surface area contributed by atoms with Gasteiger partial charge in [0.05, 0.1) is 5.69 Å². The second kappa shape index (κ2) is 11.2. The molecule has 2 aliphatic heterocycles. The standard InChI is InChI=1S/C31H43N5O2S/c1-4-7-23-20-35(15-16-36(23)28(37)5-2)29-25-9-12-31(13-10-27-22(18-31)11-17-39-27)19-26(25)32-30(33-29)38-21-24-8-6-14-34(24)3/h5,11,17,23-24H,2,4,6-10,12-16,18-21H2,1,3H3. The first-order valence-electron chi connectivity index (χ1n) is 14.9. The van der Waals surface area contributed by atoms with Crippen molar-refractivity contribution in [3.05, 3.63) is 45.8 Å². The average Bonchev–Trinajstić information content (AvgIpc) is 3.58. The Labute approximate surface area is 237 Å². The number of ether oxygens (including phenoxy) is 1. The molecule has 0 saturated carbocycles. The number of likely N-dealkylation sites (tertiary alicyclic amines) is 1. The number of hydrogen-bond donors (Lipinski definition) is 0. The molecule has 1 spiro atoms. The summed E-state index contributed by atoms with van der Waals surface area (Å²) in [5, 5.41) is 2.26. The Hall–Kier alpha value is -2.45. The quantitative estimate of drug-likeness (QED) is 0.468. The van der Waals surface area contributed by atoms with Crippen molar-refractivity contribution in [2.24, 2.45) is 5.41 Å². The summed E-state index contributed by atoms with van der Waals surface area (Å²) in [4.78, 5) is 31.2. The monoisotopic (exact) mass is 549 g/mol.